The van der Waals surface area contributed by atoms with Crippen molar-refractivity contribution < 1.29 is 4.74 Å². The number of hydrogen-bond acceptors (Lipinski definition) is 5. The monoisotopic (exact) mass is 407 g/mol. The van der Waals surface area contributed by atoms with E-state index in [1.54, 1.807) is 12.4 Å². The Bertz CT molecular complexity index is 1330. The van der Waals surface area contributed by atoms with Gasteiger partial charge in [-0.2, -0.15) is 4.98 Å². The highest BCUT2D eigenvalue weighted by molar-refractivity contribution is 5.83. The fourth-order valence-electron chi connectivity index (χ4n) is 3.55. The zero-order chi connectivity index (χ0) is 21.0. The Kier molecular flexibility index (Phi) is 5.10. The predicted molar refractivity (Wildman–Crippen MR) is 121 cm³/mol. The molecule has 0 saturated carbocycles. The SMILES string of the molecule is Cc1cccc(-c2nc(OCCc3c[nH]c4ccccc34)cc(-c3cccnc3)n2)n1. The minimum atomic E-state index is 0.506. The number of pyridine rings is 2. The highest BCUT2D eigenvalue weighted by Gasteiger charge is 2.12. The van der Waals surface area contributed by atoms with Gasteiger partial charge < -0.3 is 9.72 Å². The summed E-state index contributed by atoms with van der Waals surface area (Å²) in [6.07, 6.45) is 6.34. The smallest absolute Gasteiger partial charge is 0.217 e. The van der Waals surface area contributed by atoms with Crippen LogP contribution in [0.1, 0.15) is 11.3 Å². The van der Waals surface area contributed by atoms with Crippen LogP contribution in [-0.4, -0.2) is 31.5 Å². The number of aromatic nitrogens is 5. The van der Waals surface area contributed by atoms with Crippen molar-refractivity contribution in [2.75, 3.05) is 6.61 Å². The number of aryl methyl sites for hydroxylation is 1. The molecule has 31 heavy (non-hydrogen) atoms. The minimum absolute atomic E-state index is 0.506. The predicted octanol–water partition coefficient (Wildman–Crippen LogP) is 5.01. The van der Waals surface area contributed by atoms with Gasteiger partial charge >= 0.3 is 0 Å². The summed E-state index contributed by atoms with van der Waals surface area (Å²) in [6.45, 7) is 2.46. The average Bonchev–Trinajstić information content (AvgIpc) is 3.23. The lowest BCUT2D eigenvalue weighted by Crippen LogP contribution is -2.05. The zero-order valence-corrected chi connectivity index (χ0v) is 17.1. The molecule has 0 radical (unpaired) electrons. The van der Waals surface area contributed by atoms with E-state index in [-0.39, 0.29) is 0 Å². The van der Waals surface area contributed by atoms with E-state index in [1.165, 1.54) is 10.9 Å². The number of nitrogens with zero attached hydrogens (tertiary/aromatic N) is 4. The number of benzene rings is 1. The molecule has 4 aromatic heterocycles. The van der Waals surface area contributed by atoms with Crippen LogP contribution in [0.5, 0.6) is 5.88 Å². The molecule has 0 aliphatic rings. The van der Waals surface area contributed by atoms with Crippen molar-refractivity contribution in [2.45, 2.75) is 13.3 Å². The third kappa shape index (κ3) is 4.14. The van der Waals surface area contributed by atoms with Gasteiger partial charge in [0.25, 0.3) is 0 Å². The van der Waals surface area contributed by atoms with Crippen LogP contribution >= 0.6 is 0 Å². The number of para-hydroxylation sites is 1. The first-order valence-electron chi connectivity index (χ1n) is 10.2. The van der Waals surface area contributed by atoms with Crippen LogP contribution in [0.3, 0.4) is 0 Å². The van der Waals surface area contributed by atoms with Gasteiger partial charge in [-0.15, -0.1) is 0 Å². The van der Waals surface area contributed by atoms with Gasteiger partial charge in [0.1, 0.15) is 5.69 Å². The van der Waals surface area contributed by atoms with Crippen LogP contribution < -0.4 is 4.74 Å². The Morgan fingerprint density at radius 1 is 0.903 bits per heavy atom. The van der Waals surface area contributed by atoms with Crippen LogP contribution in [0.25, 0.3) is 33.7 Å². The van der Waals surface area contributed by atoms with E-state index >= 15 is 0 Å². The molecule has 0 aliphatic heterocycles. The molecule has 0 spiro atoms. The van der Waals surface area contributed by atoms with Gasteiger partial charge in [0, 0.05) is 53.2 Å². The van der Waals surface area contributed by atoms with Crippen LogP contribution in [-0.2, 0) is 6.42 Å². The van der Waals surface area contributed by atoms with Gasteiger partial charge in [0.2, 0.25) is 5.88 Å². The molecule has 5 aromatic rings. The van der Waals surface area contributed by atoms with E-state index in [1.807, 2.05) is 61.7 Å². The van der Waals surface area contributed by atoms with Crippen molar-refractivity contribution in [1.29, 1.82) is 0 Å². The molecule has 0 unspecified atom stereocenters. The summed E-state index contributed by atoms with van der Waals surface area (Å²) in [4.78, 5) is 21.4. The summed E-state index contributed by atoms with van der Waals surface area (Å²) in [5.41, 5.74) is 5.63. The topological polar surface area (TPSA) is 76.6 Å². The van der Waals surface area contributed by atoms with Crippen LogP contribution in [0, 0.1) is 6.92 Å². The highest BCUT2D eigenvalue weighted by atomic mass is 16.5. The van der Waals surface area contributed by atoms with E-state index in [2.05, 4.69) is 32.1 Å². The number of aromatic amines is 1. The summed E-state index contributed by atoms with van der Waals surface area (Å²) in [5.74, 6) is 1.05. The van der Waals surface area contributed by atoms with Crippen LogP contribution in [0.4, 0.5) is 0 Å². The molecule has 0 bridgehead atoms. The maximum absolute atomic E-state index is 6.07. The van der Waals surface area contributed by atoms with Crippen molar-refractivity contribution >= 4 is 10.9 Å². The summed E-state index contributed by atoms with van der Waals surface area (Å²) < 4.78 is 6.07. The van der Waals surface area contributed by atoms with E-state index in [4.69, 9.17) is 9.72 Å². The number of fused-ring (bicyclic) bond motifs is 1. The molecular weight excluding hydrogens is 386 g/mol. The molecule has 6 nitrogen and oxygen atoms in total. The lowest BCUT2D eigenvalue weighted by molar-refractivity contribution is 0.310. The Balaban J connectivity index is 1.43. The van der Waals surface area contributed by atoms with Gasteiger partial charge in [-0.05, 0) is 42.8 Å². The second-order valence-corrected chi connectivity index (χ2v) is 7.28. The molecule has 5 rings (SSSR count). The average molecular weight is 407 g/mol. The summed E-state index contributed by atoms with van der Waals surface area (Å²) in [7, 11) is 0. The number of nitrogens with one attached hydrogen (secondary N) is 1. The van der Waals surface area contributed by atoms with Gasteiger partial charge in [-0.25, -0.2) is 9.97 Å². The van der Waals surface area contributed by atoms with Crippen molar-refractivity contribution in [3.63, 3.8) is 0 Å². The third-order valence-corrected chi connectivity index (χ3v) is 5.07. The molecule has 0 amide bonds. The van der Waals surface area contributed by atoms with Gasteiger partial charge in [-0.1, -0.05) is 24.3 Å². The molecule has 0 fully saturated rings. The number of H-pyrrole nitrogens is 1. The highest BCUT2D eigenvalue weighted by Crippen LogP contribution is 2.25. The lowest BCUT2D eigenvalue weighted by atomic mass is 10.1. The Morgan fingerprint density at radius 2 is 1.84 bits per heavy atom. The van der Waals surface area contributed by atoms with E-state index < -0.39 is 0 Å². The van der Waals surface area contributed by atoms with E-state index in [9.17, 15) is 0 Å². The molecule has 0 aliphatic carbocycles. The number of rotatable bonds is 6. The summed E-state index contributed by atoms with van der Waals surface area (Å²) in [6, 6.07) is 19.8. The van der Waals surface area contributed by atoms with Gasteiger partial charge in [-0.3, -0.25) is 4.98 Å². The van der Waals surface area contributed by atoms with Crippen molar-refractivity contribution in [3.8, 4) is 28.7 Å². The maximum atomic E-state index is 6.07. The molecule has 0 atom stereocenters. The molecule has 6 heteroatoms. The van der Waals surface area contributed by atoms with E-state index in [0.717, 1.165) is 28.9 Å². The Hall–Kier alpha value is -4.06. The quantitative estimate of drug-likeness (QED) is 0.428. The first-order chi connectivity index (χ1) is 15.3. The molecule has 1 aromatic carbocycles. The molecule has 1 N–H and O–H groups in total. The third-order valence-electron chi connectivity index (χ3n) is 5.07. The molecule has 4 heterocycles. The Morgan fingerprint density at radius 3 is 2.71 bits per heavy atom. The van der Waals surface area contributed by atoms with Crippen LogP contribution in [0.2, 0.25) is 0 Å². The normalized spacial score (nSPS) is 11.0. The van der Waals surface area contributed by atoms with Crippen molar-refractivity contribution in [1.82, 2.24) is 24.9 Å². The first-order valence-corrected chi connectivity index (χ1v) is 10.2. The van der Waals surface area contributed by atoms with Gasteiger partial charge in [0.05, 0.1) is 12.3 Å². The fourth-order valence-corrected chi connectivity index (χ4v) is 3.55. The Labute approximate surface area is 180 Å². The standard InChI is InChI=1S/C25H21N5O/c1-17-6-4-10-22(28-17)25-29-23(19-7-5-12-26-15-19)14-24(30-25)31-13-11-18-16-27-21-9-3-2-8-20(18)21/h2-10,12,14-16,27H,11,13H2,1H3. The zero-order valence-electron chi connectivity index (χ0n) is 17.1. The second-order valence-electron chi connectivity index (χ2n) is 7.28. The lowest BCUT2D eigenvalue weighted by Gasteiger charge is -2.10. The van der Waals surface area contributed by atoms with Crippen molar-refractivity contribution in [3.05, 3.63) is 90.5 Å². The fraction of sp³-hybridized carbons (Fsp3) is 0.120. The van der Waals surface area contributed by atoms with Crippen molar-refractivity contribution in [2.24, 2.45) is 0 Å². The number of hydrogen-bond donors (Lipinski definition) is 1. The second kappa shape index (κ2) is 8.36. The largest absolute Gasteiger partial charge is 0.477 e. The number of ether oxygens (including phenoxy) is 1. The first kappa shape index (κ1) is 18.9. The molecule has 0 saturated heterocycles. The maximum Gasteiger partial charge on any atom is 0.217 e. The molecule has 152 valence electrons. The van der Waals surface area contributed by atoms with Crippen LogP contribution in [0.15, 0.2) is 79.3 Å². The minimum Gasteiger partial charge on any atom is -0.477 e. The van der Waals surface area contributed by atoms with Gasteiger partial charge in [0.15, 0.2) is 5.82 Å². The van der Waals surface area contributed by atoms with E-state index in [0.29, 0.717) is 24.0 Å². The summed E-state index contributed by atoms with van der Waals surface area (Å²) >= 11 is 0. The molecular formula is C25H21N5O. The summed E-state index contributed by atoms with van der Waals surface area (Å²) in [5, 5.41) is 1.22.